The number of fused-ring (bicyclic) bond motifs is 4. The number of para-hydroxylation sites is 2. The molecule has 10 aromatic rings. The van der Waals surface area contributed by atoms with Crippen molar-refractivity contribution in [1.29, 1.82) is 0 Å². The first kappa shape index (κ1) is 37.8. The molecule has 0 unspecified atom stereocenters. The molecule has 0 aliphatic carbocycles. The van der Waals surface area contributed by atoms with E-state index in [-0.39, 0.29) is 6.71 Å². The lowest BCUT2D eigenvalue weighted by Crippen LogP contribution is -2.75. The average Bonchev–Trinajstić information content (AvgIpc) is 3.38. The van der Waals surface area contributed by atoms with Crippen molar-refractivity contribution in [2.75, 3.05) is 9.80 Å². The van der Waals surface area contributed by atoms with Crippen molar-refractivity contribution in [2.24, 2.45) is 0 Å². The molecule has 64 heavy (non-hydrogen) atoms. The molecular formula is C60H43BN2Si. The fourth-order valence-corrected chi connectivity index (χ4v) is 15.4. The molecule has 4 heteroatoms. The van der Waals surface area contributed by atoms with Crippen LogP contribution in [0.4, 0.5) is 34.1 Å². The Hall–Kier alpha value is -7.92. The summed E-state index contributed by atoms with van der Waals surface area (Å²) < 4.78 is 0. The Morgan fingerprint density at radius 2 is 0.656 bits per heavy atom. The van der Waals surface area contributed by atoms with Crippen LogP contribution in [-0.2, 0) is 0 Å². The second-order valence-electron chi connectivity index (χ2n) is 16.8. The van der Waals surface area contributed by atoms with Crippen LogP contribution in [0, 0.1) is 0 Å². The molecule has 0 fully saturated rings. The lowest BCUT2D eigenvalue weighted by molar-refractivity contribution is 1.26. The van der Waals surface area contributed by atoms with Gasteiger partial charge in [-0.05, 0) is 108 Å². The van der Waals surface area contributed by atoms with E-state index in [0.717, 1.165) is 11.4 Å². The Labute approximate surface area is 377 Å². The van der Waals surface area contributed by atoms with Crippen molar-refractivity contribution >= 4 is 86.0 Å². The molecule has 0 amide bonds. The zero-order valence-electron chi connectivity index (χ0n) is 35.3. The molecular weight excluding hydrogens is 788 g/mol. The third-order valence-corrected chi connectivity index (χ3v) is 18.1. The lowest BCUT2D eigenvalue weighted by Gasteiger charge is -2.46. The number of anilines is 6. The van der Waals surface area contributed by atoms with E-state index in [2.05, 4.69) is 271 Å². The predicted octanol–water partition coefficient (Wildman–Crippen LogP) is 10.5. The average molecular weight is 831 g/mol. The highest BCUT2D eigenvalue weighted by atomic mass is 28.3. The molecule has 2 nitrogen and oxygen atoms in total. The summed E-state index contributed by atoms with van der Waals surface area (Å²) >= 11 is 0. The van der Waals surface area contributed by atoms with Crippen molar-refractivity contribution in [3.63, 3.8) is 0 Å². The molecule has 300 valence electrons. The van der Waals surface area contributed by atoms with Gasteiger partial charge in [-0.3, -0.25) is 0 Å². The van der Waals surface area contributed by atoms with Crippen LogP contribution in [0.15, 0.2) is 261 Å². The largest absolute Gasteiger partial charge is 0.311 e. The fraction of sp³-hybridized carbons (Fsp3) is 0. The van der Waals surface area contributed by atoms with Gasteiger partial charge in [-0.15, -0.1) is 0 Å². The fourth-order valence-electron chi connectivity index (χ4n) is 10.6. The number of hydrogen-bond acceptors (Lipinski definition) is 2. The van der Waals surface area contributed by atoms with E-state index in [4.69, 9.17) is 0 Å². The maximum Gasteiger partial charge on any atom is 0.252 e. The van der Waals surface area contributed by atoms with Crippen molar-refractivity contribution in [2.45, 2.75) is 0 Å². The maximum absolute atomic E-state index is 3.01. The Kier molecular flexibility index (Phi) is 9.32. The van der Waals surface area contributed by atoms with Crippen LogP contribution in [0.2, 0.25) is 0 Å². The predicted molar refractivity (Wildman–Crippen MR) is 275 cm³/mol. The second-order valence-corrected chi connectivity index (χ2v) is 20.6. The minimum Gasteiger partial charge on any atom is -0.311 e. The van der Waals surface area contributed by atoms with Gasteiger partial charge in [0.1, 0.15) is 0 Å². The van der Waals surface area contributed by atoms with Gasteiger partial charge in [0.2, 0.25) is 0 Å². The standard InChI is InChI=1S/C60H43BN2Si/c1-7-21-44(22-8-1)46-35-38-49(39-36-46)63-57-40-37-47(45-23-9-2-10-24-45)41-55(57)61-54-33-19-20-34-56(54)62(48-25-11-3-12-26-48)58-42-53(43-59(63)60(58)61)64(50-27-13-4-14-28-50,51-29-15-5-16-30-51)52-31-17-6-18-32-52/h1-43H. The smallest absolute Gasteiger partial charge is 0.252 e. The SMILES string of the molecule is c1ccc(-c2ccc(N3c4ccc(-c5ccccc5)cc4B4c5ccccc5N(c5ccccc5)c5cc([Si](c6ccccc6)(c6ccccc6)c6ccccc6)cc3c54)cc2)cc1. The van der Waals surface area contributed by atoms with E-state index in [1.54, 1.807) is 0 Å². The van der Waals surface area contributed by atoms with E-state index < -0.39 is 8.07 Å². The van der Waals surface area contributed by atoms with Gasteiger partial charge >= 0.3 is 0 Å². The quantitative estimate of drug-likeness (QED) is 0.111. The van der Waals surface area contributed by atoms with Gasteiger partial charge in [0.15, 0.2) is 8.07 Å². The lowest BCUT2D eigenvalue weighted by atomic mass is 9.33. The van der Waals surface area contributed by atoms with Crippen molar-refractivity contribution in [3.05, 3.63) is 261 Å². The zero-order chi connectivity index (χ0) is 42.5. The molecule has 0 atom stereocenters. The van der Waals surface area contributed by atoms with Crippen molar-refractivity contribution < 1.29 is 0 Å². The minimum absolute atomic E-state index is 0.0186. The van der Waals surface area contributed by atoms with Gasteiger partial charge < -0.3 is 9.80 Å². The van der Waals surface area contributed by atoms with Crippen LogP contribution in [0.25, 0.3) is 22.3 Å². The van der Waals surface area contributed by atoms with E-state index >= 15 is 0 Å². The summed E-state index contributed by atoms with van der Waals surface area (Å²) in [5, 5.41) is 5.38. The van der Waals surface area contributed by atoms with Crippen LogP contribution in [-0.4, -0.2) is 14.8 Å². The van der Waals surface area contributed by atoms with Gasteiger partial charge in [0.05, 0.1) is 0 Å². The third-order valence-electron chi connectivity index (χ3n) is 13.4. The molecule has 0 aromatic heterocycles. The molecule has 0 saturated carbocycles. The molecule has 0 N–H and O–H groups in total. The first-order valence-corrected chi connectivity index (χ1v) is 24.2. The molecule has 12 rings (SSSR count). The molecule has 0 spiro atoms. The van der Waals surface area contributed by atoms with Gasteiger partial charge in [-0.2, -0.15) is 0 Å². The van der Waals surface area contributed by atoms with E-state index in [1.807, 2.05) is 0 Å². The van der Waals surface area contributed by atoms with Crippen molar-refractivity contribution in [1.82, 2.24) is 0 Å². The van der Waals surface area contributed by atoms with Crippen LogP contribution < -0.4 is 46.9 Å². The Morgan fingerprint density at radius 1 is 0.266 bits per heavy atom. The highest BCUT2D eigenvalue weighted by molar-refractivity contribution is 7.20. The Morgan fingerprint density at radius 3 is 1.19 bits per heavy atom. The summed E-state index contributed by atoms with van der Waals surface area (Å²) in [5.74, 6) is 0. The molecule has 0 saturated heterocycles. The van der Waals surface area contributed by atoms with Gasteiger partial charge in [0, 0.05) is 34.1 Å². The number of benzene rings is 10. The molecule has 2 heterocycles. The van der Waals surface area contributed by atoms with Crippen LogP contribution in [0.3, 0.4) is 0 Å². The summed E-state index contributed by atoms with van der Waals surface area (Å²) in [6, 6.07) is 97.1. The Bertz CT molecular complexity index is 3160. The monoisotopic (exact) mass is 830 g/mol. The van der Waals surface area contributed by atoms with Crippen LogP contribution >= 0.6 is 0 Å². The van der Waals surface area contributed by atoms with Crippen LogP contribution in [0.1, 0.15) is 0 Å². The normalized spacial score (nSPS) is 12.6. The van der Waals surface area contributed by atoms with Gasteiger partial charge in [-0.1, -0.05) is 212 Å². The molecule has 2 aliphatic rings. The Balaban J connectivity index is 1.22. The number of rotatable bonds is 8. The number of nitrogens with zero attached hydrogens (tertiary/aromatic N) is 2. The maximum atomic E-state index is 2.58. The minimum atomic E-state index is -3.01. The topological polar surface area (TPSA) is 6.48 Å². The van der Waals surface area contributed by atoms with Gasteiger partial charge in [-0.25, -0.2) is 0 Å². The number of hydrogen-bond donors (Lipinski definition) is 0. The van der Waals surface area contributed by atoms with E-state index in [9.17, 15) is 0 Å². The second kappa shape index (κ2) is 15.8. The summed E-state index contributed by atoms with van der Waals surface area (Å²) in [7, 11) is -3.01. The molecule has 2 aliphatic heterocycles. The van der Waals surface area contributed by atoms with Gasteiger partial charge in [0.25, 0.3) is 6.71 Å². The molecule has 0 bridgehead atoms. The molecule has 10 aromatic carbocycles. The first-order valence-electron chi connectivity index (χ1n) is 22.2. The van der Waals surface area contributed by atoms with Crippen LogP contribution in [0.5, 0.6) is 0 Å². The summed E-state index contributed by atoms with van der Waals surface area (Å²) in [5.41, 5.74) is 15.8. The summed E-state index contributed by atoms with van der Waals surface area (Å²) in [6.07, 6.45) is 0. The highest BCUT2D eigenvalue weighted by Gasteiger charge is 2.47. The molecule has 0 radical (unpaired) electrons. The third kappa shape index (κ3) is 6.10. The van der Waals surface area contributed by atoms with E-state index in [1.165, 1.54) is 82.1 Å². The zero-order valence-corrected chi connectivity index (χ0v) is 36.3. The van der Waals surface area contributed by atoms with E-state index in [0.29, 0.717) is 0 Å². The van der Waals surface area contributed by atoms with Crippen molar-refractivity contribution in [3.8, 4) is 22.3 Å². The summed E-state index contributed by atoms with van der Waals surface area (Å²) in [4.78, 5) is 5.10. The summed E-state index contributed by atoms with van der Waals surface area (Å²) in [6.45, 7) is -0.0186. The first-order chi connectivity index (χ1) is 31.8. The highest BCUT2D eigenvalue weighted by Crippen LogP contribution is 2.44.